The number of hydrogen-bond donors (Lipinski definition) is 0. The third-order valence-electron chi connectivity index (χ3n) is 2.49. The molecule has 14 heavy (non-hydrogen) atoms. The summed E-state index contributed by atoms with van der Waals surface area (Å²) in [4.78, 5) is 4.52. The second kappa shape index (κ2) is 4.06. The Morgan fingerprint density at radius 1 is 1.29 bits per heavy atom. The molecule has 0 saturated heterocycles. The van der Waals surface area contributed by atoms with Gasteiger partial charge in [-0.1, -0.05) is 18.2 Å². The van der Waals surface area contributed by atoms with Crippen LogP contribution >= 0.6 is 0 Å². The van der Waals surface area contributed by atoms with Gasteiger partial charge in [-0.2, -0.15) is 5.26 Å². The second-order valence-electron chi connectivity index (χ2n) is 3.58. The average molecular weight is 184 g/mol. The van der Waals surface area contributed by atoms with Gasteiger partial charge in [0.05, 0.1) is 17.7 Å². The maximum Gasteiger partial charge on any atom is 0.0659 e. The molecule has 0 bridgehead atoms. The van der Waals surface area contributed by atoms with Crippen LogP contribution in [0, 0.1) is 17.2 Å². The van der Waals surface area contributed by atoms with E-state index in [4.69, 9.17) is 5.26 Å². The van der Waals surface area contributed by atoms with Crippen LogP contribution < -0.4 is 0 Å². The van der Waals surface area contributed by atoms with Crippen molar-refractivity contribution in [3.8, 4) is 6.07 Å². The number of hydrogen-bond acceptors (Lipinski definition) is 2. The lowest BCUT2D eigenvalue weighted by Gasteiger charge is -1.96. The zero-order chi connectivity index (χ0) is 9.80. The van der Waals surface area contributed by atoms with Crippen molar-refractivity contribution in [3.05, 3.63) is 30.3 Å². The van der Waals surface area contributed by atoms with Crippen molar-refractivity contribution in [3.63, 3.8) is 0 Å². The molecule has 2 rings (SSSR count). The first-order valence-electron chi connectivity index (χ1n) is 4.89. The third kappa shape index (κ3) is 2.00. The van der Waals surface area contributed by atoms with E-state index in [-0.39, 0.29) is 5.92 Å². The summed E-state index contributed by atoms with van der Waals surface area (Å²) in [5, 5.41) is 8.74. The lowest BCUT2D eigenvalue weighted by Crippen LogP contribution is -1.91. The fourth-order valence-electron chi connectivity index (χ4n) is 1.73. The van der Waals surface area contributed by atoms with E-state index in [1.807, 2.05) is 30.3 Å². The molecule has 1 fully saturated rings. The minimum atomic E-state index is 0.192. The number of para-hydroxylation sites is 1. The van der Waals surface area contributed by atoms with Crippen LogP contribution in [0.5, 0.6) is 0 Å². The minimum absolute atomic E-state index is 0.192. The molecule has 1 aromatic carbocycles. The van der Waals surface area contributed by atoms with E-state index in [9.17, 15) is 0 Å². The first-order valence-corrected chi connectivity index (χ1v) is 4.89. The molecule has 0 amide bonds. The highest BCUT2D eigenvalue weighted by Crippen LogP contribution is 2.24. The van der Waals surface area contributed by atoms with Crippen molar-refractivity contribution in [2.45, 2.75) is 19.3 Å². The van der Waals surface area contributed by atoms with Crippen LogP contribution in [0.4, 0.5) is 5.69 Å². The molecule has 0 aromatic heterocycles. The highest BCUT2D eigenvalue weighted by Gasteiger charge is 2.19. The lowest BCUT2D eigenvalue weighted by atomic mass is 10.1. The predicted molar refractivity (Wildman–Crippen MR) is 56.5 cm³/mol. The summed E-state index contributed by atoms with van der Waals surface area (Å²) >= 11 is 0. The molecule has 0 aliphatic heterocycles. The normalized spacial score (nSPS) is 23.6. The molecule has 0 heterocycles. The van der Waals surface area contributed by atoms with Crippen molar-refractivity contribution >= 4 is 11.4 Å². The van der Waals surface area contributed by atoms with Gasteiger partial charge in [-0.3, -0.25) is 4.99 Å². The van der Waals surface area contributed by atoms with Gasteiger partial charge < -0.3 is 0 Å². The fraction of sp³-hybridized carbons (Fsp3) is 0.333. The summed E-state index contributed by atoms with van der Waals surface area (Å²) in [6, 6.07) is 12.2. The van der Waals surface area contributed by atoms with Crippen molar-refractivity contribution < 1.29 is 0 Å². The first-order chi connectivity index (χ1) is 6.88. The van der Waals surface area contributed by atoms with Gasteiger partial charge in [-0.05, 0) is 25.0 Å². The highest BCUT2D eigenvalue weighted by atomic mass is 14.8. The Morgan fingerprint density at radius 3 is 2.71 bits per heavy atom. The maximum absolute atomic E-state index is 8.74. The predicted octanol–water partition coefficient (Wildman–Crippen LogP) is 3.08. The number of rotatable bonds is 1. The number of benzene rings is 1. The van der Waals surface area contributed by atoms with Crippen LogP contribution in [0.25, 0.3) is 0 Å². The summed E-state index contributed by atoms with van der Waals surface area (Å²) in [5.41, 5.74) is 2.17. The third-order valence-corrected chi connectivity index (χ3v) is 2.49. The molecule has 0 radical (unpaired) electrons. The molecular weight excluding hydrogens is 172 g/mol. The Kier molecular flexibility index (Phi) is 2.60. The SMILES string of the molecule is N#CC1CC/C(=N\c2ccccc2)C1. The molecular formula is C12H12N2. The average Bonchev–Trinajstić information content (AvgIpc) is 2.67. The zero-order valence-electron chi connectivity index (χ0n) is 7.98. The van der Waals surface area contributed by atoms with Gasteiger partial charge in [0.25, 0.3) is 0 Å². The van der Waals surface area contributed by atoms with Crippen LogP contribution in [-0.2, 0) is 0 Å². The Bertz CT molecular complexity index is 373. The summed E-state index contributed by atoms with van der Waals surface area (Å²) < 4.78 is 0. The van der Waals surface area contributed by atoms with E-state index in [0.717, 1.165) is 24.9 Å². The quantitative estimate of drug-likeness (QED) is 0.660. The Morgan fingerprint density at radius 2 is 2.07 bits per heavy atom. The van der Waals surface area contributed by atoms with E-state index in [1.54, 1.807) is 0 Å². The molecule has 0 spiro atoms. The van der Waals surface area contributed by atoms with E-state index >= 15 is 0 Å². The maximum atomic E-state index is 8.74. The van der Waals surface area contributed by atoms with E-state index in [2.05, 4.69) is 11.1 Å². The Labute approximate surface area is 83.9 Å². The fourth-order valence-corrected chi connectivity index (χ4v) is 1.73. The molecule has 1 saturated carbocycles. The van der Waals surface area contributed by atoms with Gasteiger partial charge in [0.1, 0.15) is 0 Å². The summed E-state index contributed by atoms with van der Waals surface area (Å²) in [6.07, 6.45) is 2.81. The van der Waals surface area contributed by atoms with Crippen LogP contribution in [0.2, 0.25) is 0 Å². The van der Waals surface area contributed by atoms with Crippen LogP contribution in [0.15, 0.2) is 35.3 Å². The molecule has 1 unspecified atom stereocenters. The molecule has 2 heteroatoms. The van der Waals surface area contributed by atoms with E-state index in [0.29, 0.717) is 0 Å². The summed E-state index contributed by atoms with van der Waals surface area (Å²) in [5.74, 6) is 0.192. The van der Waals surface area contributed by atoms with E-state index in [1.165, 1.54) is 5.71 Å². The molecule has 1 aromatic rings. The Balaban J connectivity index is 2.11. The number of nitrogens with zero attached hydrogens (tertiary/aromatic N) is 2. The van der Waals surface area contributed by atoms with Crippen LogP contribution in [0.3, 0.4) is 0 Å². The highest BCUT2D eigenvalue weighted by molar-refractivity contribution is 5.89. The molecule has 1 atom stereocenters. The van der Waals surface area contributed by atoms with Crippen molar-refractivity contribution in [2.24, 2.45) is 10.9 Å². The second-order valence-corrected chi connectivity index (χ2v) is 3.58. The topological polar surface area (TPSA) is 36.1 Å². The Hall–Kier alpha value is -1.62. The molecule has 2 nitrogen and oxygen atoms in total. The van der Waals surface area contributed by atoms with Crippen LogP contribution in [-0.4, -0.2) is 5.71 Å². The number of nitriles is 1. The molecule has 1 aliphatic carbocycles. The van der Waals surface area contributed by atoms with Gasteiger partial charge in [-0.15, -0.1) is 0 Å². The largest absolute Gasteiger partial charge is 0.258 e. The standard InChI is InChI=1S/C12H12N2/c13-9-10-6-7-12(8-10)14-11-4-2-1-3-5-11/h1-5,10H,6-8H2/b14-12+. The monoisotopic (exact) mass is 184 g/mol. The van der Waals surface area contributed by atoms with Gasteiger partial charge >= 0.3 is 0 Å². The molecule has 1 aliphatic rings. The van der Waals surface area contributed by atoms with Crippen LogP contribution in [0.1, 0.15) is 19.3 Å². The van der Waals surface area contributed by atoms with Crippen molar-refractivity contribution in [2.75, 3.05) is 0 Å². The van der Waals surface area contributed by atoms with Crippen molar-refractivity contribution in [1.29, 1.82) is 5.26 Å². The van der Waals surface area contributed by atoms with Gasteiger partial charge in [0, 0.05) is 12.1 Å². The smallest absolute Gasteiger partial charge is 0.0659 e. The first kappa shape index (κ1) is 8.96. The van der Waals surface area contributed by atoms with Crippen molar-refractivity contribution in [1.82, 2.24) is 0 Å². The summed E-state index contributed by atoms with van der Waals surface area (Å²) in [7, 11) is 0. The lowest BCUT2D eigenvalue weighted by molar-refractivity contribution is 0.711. The number of aliphatic imine (C=N–C) groups is 1. The summed E-state index contributed by atoms with van der Waals surface area (Å²) in [6.45, 7) is 0. The van der Waals surface area contributed by atoms with Gasteiger partial charge in [-0.25, -0.2) is 0 Å². The zero-order valence-corrected chi connectivity index (χ0v) is 7.98. The van der Waals surface area contributed by atoms with Gasteiger partial charge in [0.2, 0.25) is 0 Å². The molecule has 70 valence electrons. The molecule has 0 N–H and O–H groups in total. The van der Waals surface area contributed by atoms with E-state index < -0.39 is 0 Å². The minimum Gasteiger partial charge on any atom is -0.258 e. The van der Waals surface area contributed by atoms with Gasteiger partial charge in [0.15, 0.2) is 0 Å².